The smallest absolute Gasteiger partial charge is 0.309 e. The minimum absolute atomic E-state index is 0. The highest BCUT2D eigenvalue weighted by atomic mass is 31.0. The lowest BCUT2D eigenvalue weighted by molar-refractivity contribution is 0.256. The molecule has 0 aromatic carbocycles. The van der Waals surface area contributed by atoms with E-state index in [2.05, 4.69) is 11.5 Å². The molecule has 6 heavy (non-hydrogen) atoms. The van der Waals surface area contributed by atoms with Gasteiger partial charge in [0.1, 0.15) is 0 Å². The van der Waals surface area contributed by atoms with E-state index in [-0.39, 0.29) is 16.0 Å². The summed E-state index contributed by atoms with van der Waals surface area (Å²) in [6.07, 6.45) is 0. The summed E-state index contributed by atoms with van der Waals surface area (Å²) in [5.74, 6) is 0. The highest BCUT2D eigenvalue weighted by Crippen LogP contribution is 1.25. The number of nitrogens with two attached hydrogens (primary N) is 2. The van der Waals surface area contributed by atoms with Gasteiger partial charge in [-0.15, -0.1) is 0 Å². The second-order valence-corrected chi connectivity index (χ2v) is 0.402. The van der Waals surface area contributed by atoms with Crippen LogP contribution < -0.4 is 17.6 Å². The highest BCUT2D eigenvalue weighted by molar-refractivity contribution is 6.92. The van der Waals surface area contributed by atoms with Crippen molar-refractivity contribution in [3.05, 3.63) is 0 Å². The molecule has 0 aromatic heterocycles. The Morgan fingerprint density at radius 3 is 1.33 bits per heavy atom. The molecular weight excluding hydrogens is 101 g/mol. The lowest BCUT2D eigenvalue weighted by Gasteiger charge is -1.62. The number of hydrogen-bond donors (Lipinski definition) is 2. The maximum absolute atomic E-state index is 9.00. The fraction of sp³-hybridized carbons (Fsp3) is 0. The molecule has 0 aliphatic carbocycles. The van der Waals surface area contributed by atoms with Crippen molar-refractivity contribution in [1.82, 2.24) is 6.15 Å². The molecule has 6 radical (unpaired) electrons. The van der Waals surface area contributed by atoms with Gasteiger partial charge in [0.15, 0.2) is 0 Å². The second kappa shape index (κ2) is 8.82. The van der Waals surface area contributed by atoms with Crippen molar-refractivity contribution in [3.8, 4) is 0 Å². The Kier molecular flexibility index (Phi) is 25.5. The van der Waals surface area contributed by atoms with Gasteiger partial charge in [0.2, 0.25) is 0 Å². The SMILES string of the molecule is NC(N)=O.[N].[P]. The number of urea groups is 1. The highest BCUT2D eigenvalue weighted by Gasteiger charge is 1.60. The zero-order chi connectivity index (χ0) is 3.58. The summed E-state index contributed by atoms with van der Waals surface area (Å²) < 4.78 is 0. The molecule has 0 aliphatic rings. The Morgan fingerprint density at radius 1 is 1.33 bits per heavy atom. The van der Waals surface area contributed by atoms with Gasteiger partial charge in [-0.1, -0.05) is 0 Å². The van der Waals surface area contributed by atoms with Crippen LogP contribution in [0.25, 0.3) is 0 Å². The van der Waals surface area contributed by atoms with E-state index in [1.165, 1.54) is 0 Å². The fourth-order valence-electron chi connectivity index (χ4n) is 0. The fourth-order valence-corrected chi connectivity index (χ4v) is 0. The van der Waals surface area contributed by atoms with Crippen LogP contribution in [0.3, 0.4) is 0 Å². The normalized spacial score (nSPS) is 4.00. The van der Waals surface area contributed by atoms with Crippen molar-refractivity contribution in [1.29, 1.82) is 0 Å². The zero-order valence-electron chi connectivity index (χ0n) is 2.96. The van der Waals surface area contributed by atoms with Gasteiger partial charge in [-0.25, -0.2) is 4.79 Å². The van der Waals surface area contributed by atoms with Crippen LogP contribution in [0, 0.1) is 0 Å². The maximum Gasteiger partial charge on any atom is 0.309 e. The minimum Gasteiger partial charge on any atom is -0.352 e. The number of carbonyl (C=O) groups is 1. The summed E-state index contributed by atoms with van der Waals surface area (Å²) in [7, 11) is 0. The molecule has 0 rings (SSSR count). The van der Waals surface area contributed by atoms with Crippen LogP contribution >= 0.6 is 9.90 Å². The van der Waals surface area contributed by atoms with E-state index in [9.17, 15) is 0 Å². The first kappa shape index (κ1) is 17.4. The minimum atomic E-state index is -0.833. The molecule has 0 fully saturated rings. The summed E-state index contributed by atoms with van der Waals surface area (Å²) in [4.78, 5) is 9.00. The van der Waals surface area contributed by atoms with E-state index in [4.69, 9.17) is 4.79 Å². The lowest BCUT2D eigenvalue weighted by Crippen LogP contribution is -2.18. The van der Waals surface area contributed by atoms with Gasteiger partial charge in [-0.2, -0.15) is 0 Å². The monoisotopic (exact) mass is 105 g/mol. The van der Waals surface area contributed by atoms with E-state index < -0.39 is 6.03 Å². The van der Waals surface area contributed by atoms with E-state index in [0.29, 0.717) is 0 Å². The molecule has 0 aromatic rings. The van der Waals surface area contributed by atoms with Crippen LogP contribution in [0.1, 0.15) is 0 Å². The Morgan fingerprint density at radius 2 is 1.33 bits per heavy atom. The predicted octanol–water partition coefficient (Wildman–Crippen LogP) is -0.596. The molecule has 0 unspecified atom stereocenters. The molecule has 0 heterocycles. The summed E-state index contributed by atoms with van der Waals surface area (Å²) in [5.41, 5.74) is 8.50. The first-order chi connectivity index (χ1) is 1.73. The zero-order valence-corrected chi connectivity index (χ0v) is 3.85. The van der Waals surface area contributed by atoms with Crippen molar-refractivity contribution >= 4 is 15.9 Å². The van der Waals surface area contributed by atoms with Crippen LogP contribution in [0.4, 0.5) is 4.79 Å². The van der Waals surface area contributed by atoms with E-state index in [1.54, 1.807) is 0 Å². The number of nitrogens with zero attached hydrogens (tertiary/aromatic N) is 1. The number of amides is 2. The van der Waals surface area contributed by atoms with Crippen LogP contribution in [-0.2, 0) is 0 Å². The molecule has 5 heteroatoms. The predicted molar refractivity (Wildman–Crippen MR) is 22.8 cm³/mol. The number of carbonyl (C=O) groups excluding carboxylic acids is 1. The van der Waals surface area contributed by atoms with Gasteiger partial charge in [0, 0.05) is 16.0 Å². The average Bonchev–Trinajstić information content (AvgIpc) is 0.811. The Bertz CT molecular complexity index is 33.8. The molecule has 0 saturated heterocycles. The third-order valence-corrected chi connectivity index (χ3v) is 0. The molecule has 0 bridgehead atoms. The van der Waals surface area contributed by atoms with Crippen molar-refractivity contribution in [2.45, 2.75) is 0 Å². The second-order valence-electron chi connectivity index (χ2n) is 0.402. The molecule has 4 nitrogen and oxygen atoms in total. The Hall–Kier alpha value is -0.340. The van der Waals surface area contributed by atoms with Gasteiger partial charge in [-0.3, -0.25) is 0 Å². The molecule has 4 N–H and O–H groups in total. The molecule has 0 spiro atoms. The molecule has 2 amide bonds. The first-order valence-corrected chi connectivity index (χ1v) is 0.781. The summed E-state index contributed by atoms with van der Waals surface area (Å²) in [6, 6.07) is -0.833. The maximum atomic E-state index is 9.00. The van der Waals surface area contributed by atoms with Crippen molar-refractivity contribution < 1.29 is 4.79 Å². The molecular formula is CH4N3OP. The molecule has 0 aliphatic heterocycles. The van der Waals surface area contributed by atoms with Crippen molar-refractivity contribution in [2.24, 2.45) is 11.5 Å². The van der Waals surface area contributed by atoms with Crippen LogP contribution in [0.15, 0.2) is 0 Å². The number of rotatable bonds is 0. The molecule has 0 saturated carbocycles. The third kappa shape index (κ3) is 224. The quantitative estimate of drug-likeness (QED) is 0.395. The first-order valence-electron chi connectivity index (χ1n) is 0.781. The van der Waals surface area contributed by atoms with Crippen LogP contribution in [-0.4, -0.2) is 6.03 Å². The van der Waals surface area contributed by atoms with Gasteiger partial charge < -0.3 is 11.5 Å². The standard InChI is InChI=1S/CH4N2O.N.P/c2-1(3)4;;/h(H4,2,3,4);;. The Balaban J connectivity index is -0.0000000450. The van der Waals surface area contributed by atoms with Crippen LogP contribution in [0.5, 0.6) is 0 Å². The van der Waals surface area contributed by atoms with E-state index in [1.807, 2.05) is 0 Å². The van der Waals surface area contributed by atoms with Gasteiger partial charge >= 0.3 is 6.03 Å². The largest absolute Gasteiger partial charge is 0.352 e. The number of primary amides is 2. The van der Waals surface area contributed by atoms with Crippen molar-refractivity contribution in [3.63, 3.8) is 0 Å². The summed E-state index contributed by atoms with van der Waals surface area (Å²) in [5, 5.41) is 0. The summed E-state index contributed by atoms with van der Waals surface area (Å²) >= 11 is 0. The summed E-state index contributed by atoms with van der Waals surface area (Å²) in [6.45, 7) is 0. The van der Waals surface area contributed by atoms with Crippen molar-refractivity contribution in [2.75, 3.05) is 0 Å². The number of hydrogen-bond acceptors (Lipinski definition) is 1. The lowest BCUT2D eigenvalue weighted by atomic mass is 11.2. The Labute approximate surface area is 39.5 Å². The van der Waals surface area contributed by atoms with Crippen LogP contribution in [0.2, 0.25) is 0 Å². The topological polar surface area (TPSA) is 99.6 Å². The van der Waals surface area contributed by atoms with E-state index in [0.717, 1.165) is 0 Å². The van der Waals surface area contributed by atoms with E-state index >= 15 is 0 Å². The third-order valence-electron chi connectivity index (χ3n) is 0. The molecule has 0 atom stereocenters. The van der Waals surface area contributed by atoms with Gasteiger partial charge in [-0.05, 0) is 0 Å². The molecule has 34 valence electrons. The van der Waals surface area contributed by atoms with Gasteiger partial charge in [0.05, 0.1) is 0 Å². The average molecular weight is 105 g/mol. The van der Waals surface area contributed by atoms with Gasteiger partial charge in [0.25, 0.3) is 0 Å².